The molecule has 0 fully saturated rings. The monoisotopic (exact) mass is 240 g/mol. The Morgan fingerprint density at radius 2 is 1.94 bits per heavy atom. The molecule has 0 aliphatic carbocycles. The van der Waals surface area contributed by atoms with E-state index in [2.05, 4.69) is 5.32 Å². The van der Waals surface area contributed by atoms with E-state index in [-0.39, 0.29) is 11.9 Å². The van der Waals surface area contributed by atoms with Crippen molar-refractivity contribution in [2.75, 3.05) is 19.4 Å². The van der Waals surface area contributed by atoms with Gasteiger partial charge in [-0.05, 0) is 45.3 Å². The fourth-order valence-corrected chi connectivity index (χ4v) is 1.32. The lowest BCUT2D eigenvalue weighted by Gasteiger charge is -2.18. The fraction of sp³-hybridized carbons (Fsp3) is 0.417. The van der Waals surface area contributed by atoms with Crippen molar-refractivity contribution in [1.29, 1.82) is 0 Å². The van der Waals surface area contributed by atoms with Crippen LogP contribution >= 0.6 is 11.6 Å². The summed E-state index contributed by atoms with van der Waals surface area (Å²) in [4.78, 5) is 13.7. The Morgan fingerprint density at radius 3 is 2.44 bits per heavy atom. The Balaban J connectivity index is 2.48. The van der Waals surface area contributed by atoms with Crippen molar-refractivity contribution in [1.82, 2.24) is 4.90 Å². The number of hydrogen-bond acceptors (Lipinski definition) is 2. The van der Waals surface area contributed by atoms with Gasteiger partial charge in [-0.1, -0.05) is 11.6 Å². The van der Waals surface area contributed by atoms with Crippen LogP contribution in [0.25, 0.3) is 0 Å². The molecule has 0 saturated carbocycles. The molecule has 0 aliphatic rings. The summed E-state index contributed by atoms with van der Waals surface area (Å²) in [6.07, 6.45) is 0.482. The number of benzene rings is 1. The number of nitrogens with zero attached hydrogens (tertiary/aromatic N) is 1. The van der Waals surface area contributed by atoms with Gasteiger partial charge in [0.2, 0.25) is 5.91 Å². The highest BCUT2D eigenvalue weighted by atomic mass is 35.5. The highest BCUT2D eigenvalue weighted by Crippen LogP contribution is 2.13. The fourth-order valence-electron chi connectivity index (χ4n) is 1.20. The third-order valence-corrected chi connectivity index (χ3v) is 2.74. The standard InChI is InChI=1S/C12H17ClN2O/c1-9(15(2)3)8-12(16)14-11-6-4-10(13)5-7-11/h4-7,9H,8H2,1-3H3,(H,14,16). The number of rotatable bonds is 4. The third-order valence-electron chi connectivity index (χ3n) is 2.49. The van der Waals surface area contributed by atoms with Crippen LogP contribution in [0.5, 0.6) is 0 Å². The first-order valence-corrected chi connectivity index (χ1v) is 5.58. The molecule has 1 atom stereocenters. The van der Waals surface area contributed by atoms with E-state index in [4.69, 9.17) is 11.6 Å². The Bertz CT molecular complexity index is 349. The Morgan fingerprint density at radius 1 is 1.38 bits per heavy atom. The zero-order valence-corrected chi connectivity index (χ0v) is 10.6. The molecule has 16 heavy (non-hydrogen) atoms. The highest BCUT2D eigenvalue weighted by Gasteiger charge is 2.10. The smallest absolute Gasteiger partial charge is 0.225 e. The largest absolute Gasteiger partial charge is 0.326 e. The third kappa shape index (κ3) is 4.21. The van der Waals surface area contributed by atoms with Gasteiger partial charge >= 0.3 is 0 Å². The molecule has 0 heterocycles. The number of carbonyl (C=O) groups excluding carboxylic acids is 1. The average molecular weight is 241 g/mol. The number of halogens is 1. The molecule has 1 unspecified atom stereocenters. The van der Waals surface area contributed by atoms with Crippen molar-refractivity contribution in [2.24, 2.45) is 0 Å². The van der Waals surface area contributed by atoms with Gasteiger partial charge in [-0.2, -0.15) is 0 Å². The van der Waals surface area contributed by atoms with E-state index in [1.807, 2.05) is 25.9 Å². The van der Waals surface area contributed by atoms with Gasteiger partial charge in [-0.3, -0.25) is 4.79 Å². The molecule has 0 spiro atoms. The predicted octanol–water partition coefficient (Wildman–Crippen LogP) is 2.62. The zero-order valence-electron chi connectivity index (χ0n) is 9.83. The summed E-state index contributed by atoms with van der Waals surface area (Å²) in [7, 11) is 3.92. The summed E-state index contributed by atoms with van der Waals surface area (Å²) in [5, 5.41) is 3.50. The summed E-state index contributed by atoms with van der Waals surface area (Å²) in [5.41, 5.74) is 0.778. The van der Waals surface area contributed by atoms with E-state index < -0.39 is 0 Å². The van der Waals surface area contributed by atoms with Crippen LogP contribution in [-0.4, -0.2) is 30.9 Å². The Kier molecular flexibility index (Phi) is 4.77. The SMILES string of the molecule is CC(CC(=O)Nc1ccc(Cl)cc1)N(C)C. The van der Waals surface area contributed by atoms with Gasteiger partial charge in [0.25, 0.3) is 0 Å². The van der Waals surface area contributed by atoms with Crippen LogP contribution < -0.4 is 5.32 Å². The second kappa shape index (κ2) is 5.87. The molecular weight excluding hydrogens is 224 g/mol. The molecule has 1 N–H and O–H groups in total. The van der Waals surface area contributed by atoms with Gasteiger partial charge in [0.1, 0.15) is 0 Å². The van der Waals surface area contributed by atoms with Crippen LogP contribution in [0.1, 0.15) is 13.3 Å². The van der Waals surface area contributed by atoms with E-state index in [0.29, 0.717) is 11.4 Å². The predicted molar refractivity (Wildman–Crippen MR) is 67.8 cm³/mol. The molecule has 0 aliphatic heterocycles. The van der Waals surface area contributed by atoms with Gasteiger partial charge in [-0.25, -0.2) is 0 Å². The minimum Gasteiger partial charge on any atom is -0.326 e. The van der Waals surface area contributed by atoms with Crippen molar-refractivity contribution in [3.8, 4) is 0 Å². The molecular formula is C12H17ClN2O. The van der Waals surface area contributed by atoms with Crippen molar-refractivity contribution < 1.29 is 4.79 Å². The van der Waals surface area contributed by atoms with E-state index in [9.17, 15) is 4.79 Å². The van der Waals surface area contributed by atoms with Gasteiger partial charge < -0.3 is 10.2 Å². The highest BCUT2D eigenvalue weighted by molar-refractivity contribution is 6.30. The Hall–Kier alpha value is -1.06. The Labute approximate surface area is 101 Å². The normalized spacial score (nSPS) is 12.6. The summed E-state index contributed by atoms with van der Waals surface area (Å²) in [6, 6.07) is 7.33. The first kappa shape index (κ1) is 13.0. The van der Waals surface area contributed by atoms with Crippen LogP contribution in [0.4, 0.5) is 5.69 Å². The lowest BCUT2D eigenvalue weighted by molar-refractivity contribution is -0.117. The van der Waals surface area contributed by atoms with E-state index >= 15 is 0 Å². The summed E-state index contributed by atoms with van der Waals surface area (Å²) < 4.78 is 0. The van der Waals surface area contributed by atoms with Gasteiger partial charge in [0, 0.05) is 23.2 Å². The maximum absolute atomic E-state index is 11.6. The number of nitrogens with one attached hydrogen (secondary N) is 1. The topological polar surface area (TPSA) is 32.3 Å². The maximum Gasteiger partial charge on any atom is 0.225 e. The molecule has 1 amide bonds. The second-order valence-electron chi connectivity index (χ2n) is 4.07. The molecule has 0 radical (unpaired) electrons. The summed E-state index contributed by atoms with van der Waals surface area (Å²) in [6.45, 7) is 2.02. The van der Waals surface area contributed by atoms with E-state index in [1.54, 1.807) is 24.3 Å². The second-order valence-corrected chi connectivity index (χ2v) is 4.51. The van der Waals surface area contributed by atoms with Crippen molar-refractivity contribution in [3.05, 3.63) is 29.3 Å². The van der Waals surface area contributed by atoms with Gasteiger partial charge in [0.15, 0.2) is 0 Å². The molecule has 1 rings (SSSR count). The van der Waals surface area contributed by atoms with Crippen molar-refractivity contribution in [3.63, 3.8) is 0 Å². The molecule has 0 saturated heterocycles. The first-order valence-electron chi connectivity index (χ1n) is 5.21. The van der Waals surface area contributed by atoms with Gasteiger partial charge in [0.05, 0.1) is 0 Å². The lowest BCUT2D eigenvalue weighted by atomic mass is 10.2. The minimum atomic E-state index is 0.0172. The maximum atomic E-state index is 11.6. The van der Waals surface area contributed by atoms with Crippen LogP contribution in [0.3, 0.4) is 0 Å². The van der Waals surface area contributed by atoms with Crippen molar-refractivity contribution in [2.45, 2.75) is 19.4 Å². The number of amides is 1. The van der Waals surface area contributed by atoms with Gasteiger partial charge in [-0.15, -0.1) is 0 Å². The molecule has 0 aromatic heterocycles. The van der Waals surface area contributed by atoms with Crippen LogP contribution in [0.2, 0.25) is 5.02 Å². The van der Waals surface area contributed by atoms with Crippen LogP contribution in [-0.2, 0) is 4.79 Å². The minimum absolute atomic E-state index is 0.0172. The number of hydrogen-bond donors (Lipinski definition) is 1. The molecule has 3 nitrogen and oxygen atoms in total. The first-order chi connectivity index (χ1) is 7.49. The zero-order chi connectivity index (χ0) is 12.1. The summed E-state index contributed by atoms with van der Waals surface area (Å²) >= 11 is 5.75. The molecule has 0 bridgehead atoms. The molecule has 4 heteroatoms. The lowest BCUT2D eigenvalue weighted by Crippen LogP contribution is -2.29. The quantitative estimate of drug-likeness (QED) is 0.878. The van der Waals surface area contributed by atoms with E-state index in [0.717, 1.165) is 5.69 Å². The number of anilines is 1. The van der Waals surface area contributed by atoms with E-state index in [1.165, 1.54) is 0 Å². The molecule has 1 aromatic rings. The molecule has 88 valence electrons. The van der Waals surface area contributed by atoms with Crippen LogP contribution in [0, 0.1) is 0 Å². The van der Waals surface area contributed by atoms with Crippen molar-refractivity contribution >= 4 is 23.2 Å². The number of carbonyl (C=O) groups is 1. The van der Waals surface area contributed by atoms with Crippen LogP contribution in [0.15, 0.2) is 24.3 Å². The average Bonchev–Trinajstić information content (AvgIpc) is 2.21. The molecule has 1 aromatic carbocycles. The summed E-state index contributed by atoms with van der Waals surface area (Å²) in [5.74, 6) is 0.0172.